The molecule has 1 aromatic carbocycles. The lowest BCUT2D eigenvalue weighted by Gasteiger charge is -2.34. The second kappa shape index (κ2) is 8.25. The number of halogens is 2. The van der Waals surface area contributed by atoms with Crippen molar-refractivity contribution in [2.45, 2.75) is 51.6 Å². The molecule has 21 heavy (non-hydrogen) atoms. The highest BCUT2D eigenvalue weighted by atomic mass is 79.9. The molecule has 1 heterocycles. The quantitative estimate of drug-likeness (QED) is 0.806. The van der Waals surface area contributed by atoms with Crippen LogP contribution in [0, 0.1) is 5.82 Å². The number of nitrogens with one attached hydrogen (secondary N) is 1. The molecule has 0 aromatic heterocycles. The standard InChI is InChI=1S/C17H26BrFN2/c1-3-10-21(12-15-6-4-5-9-20-15)13(2)14-7-8-17(19)16(18)11-14/h7-8,11,13,15,20H,3-6,9-10,12H2,1-2H3. The Balaban J connectivity index is 2.06. The Hall–Kier alpha value is -0.450. The van der Waals surface area contributed by atoms with Crippen LogP contribution in [0.25, 0.3) is 0 Å². The van der Waals surface area contributed by atoms with E-state index in [4.69, 9.17) is 0 Å². The Labute approximate surface area is 136 Å². The highest BCUT2D eigenvalue weighted by Gasteiger charge is 2.21. The van der Waals surface area contributed by atoms with E-state index in [2.05, 4.69) is 40.0 Å². The Kier molecular flexibility index (Phi) is 6.65. The summed E-state index contributed by atoms with van der Waals surface area (Å²) in [7, 11) is 0. The first-order valence-electron chi connectivity index (χ1n) is 8.04. The minimum Gasteiger partial charge on any atom is -0.313 e. The van der Waals surface area contributed by atoms with Gasteiger partial charge < -0.3 is 5.32 Å². The third kappa shape index (κ3) is 4.76. The SMILES string of the molecule is CCCN(CC1CCCCN1)C(C)c1ccc(F)c(Br)c1. The van der Waals surface area contributed by atoms with Gasteiger partial charge in [0.25, 0.3) is 0 Å². The monoisotopic (exact) mass is 356 g/mol. The van der Waals surface area contributed by atoms with E-state index in [9.17, 15) is 4.39 Å². The first kappa shape index (κ1) is 16.9. The van der Waals surface area contributed by atoms with Gasteiger partial charge in [-0.1, -0.05) is 19.4 Å². The fraction of sp³-hybridized carbons (Fsp3) is 0.647. The van der Waals surface area contributed by atoms with E-state index in [0.717, 1.165) is 26.1 Å². The van der Waals surface area contributed by atoms with Crippen LogP contribution in [0.4, 0.5) is 4.39 Å². The third-order valence-corrected chi connectivity index (χ3v) is 4.96. The Morgan fingerprint density at radius 3 is 2.86 bits per heavy atom. The van der Waals surface area contributed by atoms with E-state index in [1.54, 1.807) is 6.07 Å². The van der Waals surface area contributed by atoms with E-state index < -0.39 is 0 Å². The largest absolute Gasteiger partial charge is 0.313 e. The number of piperidine rings is 1. The van der Waals surface area contributed by atoms with Crippen molar-refractivity contribution >= 4 is 15.9 Å². The maximum Gasteiger partial charge on any atom is 0.137 e. The number of nitrogens with zero attached hydrogens (tertiary/aromatic N) is 1. The summed E-state index contributed by atoms with van der Waals surface area (Å²) in [6.07, 6.45) is 5.03. The van der Waals surface area contributed by atoms with Crippen LogP contribution < -0.4 is 5.32 Å². The van der Waals surface area contributed by atoms with Crippen molar-refractivity contribution in [3.05, 3.63) is 34.1 Å². The molecule has 0 spiro atoms. The van der Waals surface area contributed by atoms with Gasteiger partial charge >= 0.3 is 0 Å². The average molecular weight is 357 g/mol. The summed E-state index contributed by atoms with van der Waals surface area (Å²) in [4.78, 5) is 2.52. The molecule has 1 aromatic rings. The summed E-state index contributed by atoms with van der Waals surface area (Å²) in [5, 5.41) is 3.62. The molecule has 0 bridgehead atoms. The van der Waals surface area contributed by atoms with E-state index in [1.165, 1.54) is 24.8 Å². The zero-order valence-electron chi connectivity index (χ0n) is 13.0. The molecule has 2 nitrogen and oxygen atoms in total. The van der Waals surface area contributed by atoms with Crippen LogP contribution in [0.3, 0.4) is 0 Å². The van der Waals surface area contributed by atoms with Crippen molar-refractivity contribution in [3.8, 4) is 0 Å². The van der Waals surface area contributed by atoms with Crippen molar-refractivity contribution < 1.29 is 4.39 Å². The summed E-state index contributed by atoms with van der Waals surface area (Å²) >= 11 is 3.30. The van der Waals surface area contributed by atoms with E-state index in [-0.39, 0.29) is 5.82 Å². The van der Waals surface area contributed by atoms with Gasteiger partial charge in [-0.15, -0.1) is 0 Å². The molecule has 2 rings (SSSR count). The van der Waals surface area contributed by atoms with Crippen molar-refractivity contribution in [2.24, 2.45) is 0 Å². The molecule has 0 radical (unpaired) electrons. The molecule has 1 N–H and O–H groups in total. The predicted molar refractivity (Wildman–Crippen MR) is 90.0 cm³/mol. The van der Waals surface area contributed by atoms with E-state index in [1.807, 2.05) is 12.1 Å². The third-order valence-electron chi connectivity index (χ3n) is 4.35. The van der Waals surface area contributed by atoms with Crippen molar-refractivity contribution in [2.75, 3.05) is 19.6 Å². The minimum atomic E-state index is -0.193. The summed E-state index contributed by atoms with van der Waals surface area (Å²) in [6.45, 7) is 7.73. The number of benzene rings is 1. The molecule has 2 atom stereocenters. The molecular weight excluding hydrogens is 331 g/mol. The van der Waals surface area contributed by atoms with Gasteiger partial charge in [-0.25, -0.2) is 4.39 Å². The number of hydrogen-bond acceptors (Lipinski definition) is 2. The minimum absolute atomic E-state index is 0.193. The maximum absolute atomic E-state index is 13.4. The lowest BCUT2D eigenvalue weighted by atomic mass is 10.0. The highest BCUT2D eigenvalue weighted by molar-refractivity contribution is 9.10. The van der Waals surface area contributed by atoms with Crippen molar-refractivity contribution in [3.63, 3.8) is 0 Å². The smallest absolute Gasteiger partial charge is 0.137 e. The number of rotatable bonds is 6. The lowest BCUT2D eigenvalue weighted by Crippen LogP contribution is -2.44. The molecule has 0 amide bonds. The zero-order valence-corrected chi connectivity index (χ0v) is 14.6. The summed E-state index contributed by atoms with van der Waals surface area (Å²) in [5.41, 5.74) is 1.17. The Bertz CT molecular complexity index is 446. The molecule has 2 unspecified atom stereocenters. The fourth-order valence-corrected chi connectivity index (χ4v) is 3.47. The van der Waals surface area contributed by atoms with Crippen LogP contribution in [0.15, 0.2) is 22.7 Å². The zero-order chi connectivity index (χ0) is 15.2. The molecule has 1 fully saturated rings. The van der Waals surface area contributed by atoms with E-state index >= 15 is 0 Å². The summed E-state index contributed by atoms with van der Waals surface area (Å²) in [6, 6.07) is 6.28. The van der Waals surface area contributed by atoms with Gasteiger partial charge in [-0.05, 0) is 72.9 Å². The van der Waals surface area contributed by atoms with Gasteiger partial charge in [0.15, 0.2) is 0 Å². The van der Waals surface area contributed by atoms with Crippen LogP contribution in [0.1, 0.15) is 51.1 Å². The van der Waals surface area contributed by atoms with Crippen LogP contribution in [-0.4, -0.2) is 30.6 Å². The predicted octanol–water partition coefficient (Wildman–Crippen LogP) is 4.50. The maximum atomic E-state index is 13.4. The van der Waals surface area contributed by atoms with Gasteiger partial charge in [0.05, 0.1) is 4.47 Å². The summed E-state index contributed by atoms with van der Waals surface area (Å²) < 4.78 is 14.0. The van der Waals surface area contributed by atoms with Crippen LogP contribution in [0.2, 0.25) is 0 Å². The van der Waals surface area contributed by atoms with Gasteiger partial charge in [0.2, 0.25) is 0 Å². The Morgan fingerprint density at radius 1 is 1.43 bits per heavy atom. The number of hydrogen-bond donors (Lipinski definition) is 1. The highest BCUT2D eigenvalue weighted by Crippen LogP contribution is 2.26. The molecule has 0 saturated carbocycles. The van der Waals surface area contributed by atoms with Gasteiger partial charge in [-0.2, -0.15) is 0 Å². The topological polar surface area (TPSA) is 15.3 Å². The van der Waals surface area contributed by atoms with Gasteiger partial charge in [0, 0.05) is 18.6 Å². The van der Waals surface area contributed by atoms with Crippen molar-refractivity contribution in [1.82, 2.24) is 10.2 Å². The first-order valence-corrected chi connectivity index (χ1v) is 8.83. The molecule has 118 valence electrons. The summed E-state index contributed by atoms with van der Waals surface area (Å²) in [5.74, 6) is -0.193. The van der Waals surface area contributed by atoms with Crippen LogP contribution in [0.5, 0.6) is 0 Å². The second-order valence-corrected chi connectivity index (χ2v) is 6.85. The lowest BCUT2D eigenvalue weighted by molar-refractivity contribution is 0.176. The molecule has 1 saturated heterocycles. The second-order valence-electron chi connectivity index (χ2n) is 5.99. The van der Waals surface area contributed by atoms with Gasteiger partial charge in [0.1, 0.15) is 5.82 Å². The molecule has 1 aliphatic rings. The molecule has 4 heteroatoms. The Morgan fingerprint density at radius 2 is 2.24 bits per heavy atom. The van der Waals surface area contributed by atoms with Crippen LogP contribution in [-0.2, 0) is 0 Å². The molecular formula is C17H26BrFN2. The van der Waals surface area contributed by atoms with E-state index in [0.29, 0.717) is 16.6 Å². The fourth-order valence-electron chi connectivity index (χ4n) is 3.08. The molecule has 0 aliphatic carbocycles. The van der Waals surface area contributed by atoms with Crippen molar-refractivity contribution in [1.29, 1.82) is 0 Å². The van der Waals surface area contributed by atoms with Crippen LogP contribution >= 0.6 is 15.9 Å². The first-order chi connectivity index (χ1) is 10.1. The average Bonchev–Trinajstić information content (AvgIpc) is 2.50. The normalized spacial score (nSPS) is 20.7. The molecule has 1 aliphatic heterocycles. The van der Waals surface area contributed by atoms with Gasteiger partial charge in [-0.3, -0.25) is 4.90 Å².